The van der Waals surface area contributed by atoms with Crippen molar-refractivity contribution in [1.82, 2.24) is 5.32 Å². The summed E-state index contributed by atoms with van der Waals surface area (Å²) in [5, 5.41) is 3.45. The first-order chi connectivity index (χ1) is 9.65. The maximum Gasteiger partial charge on any atom is 0.123 e. The highest BCUT2D eigenvalue weighted by Crippen LogP contribution is 2.21. The number of rotatable bonds is 7. The summed E-state index contributed by atoms with van der Waals surface area (Å²) in [6, 6.07) is 10.7. The number of benzene rings is 1. The molecule has 1 N–H and O–H groups in total. The average Bonchev–Trinajstić information content (AvgIpc) is 2.90. The summed E-state index contributed by atoms with van der Waals surface area (Å²) in [7, 11) is 0. The Morgan fingerprint density at radius 1 is 1.15 bits per heavy atom. The van der Waals surface area contributed by atoms with Crippen LogP contribution in [0.25, 0.3) is 0 Å². The Bertz CT molecular complexity index is 507. The lowest BCUT2D eigenvalue weighted by Crippen LogP contribution is -2.26. The maximum atomic E-state index is 13.4. The predicted octanol–water partition coefficient (Wildman–Crippen LogP) is 3.99. The van der Waals surface area contributed by atoms with E-state index in [0.717, 1.165) is 30.8 Å². The molecular formula is C17H22FNO. The van der Waals surface area contributed by atoms with Crippen LogP contribution in [0.5, 0.6) is 0 Å². The SMILES string of the molecule is CC(C)CNCC(Cc1ccco1)c1cccc(F)c1. The summed E-state index contributed by atoms with van der Waals surface area (Å²) in [4.78, 5) is 0. The fraction of sp³-hybridized carbons (Fsp3) is 0.412. The van der Waals surface area contributed by atoms with Crippen LogP contribution in [0, 0.1) is 11.7 Å². The van der Waals surface area contributed by atoms with Gasteiger partial charge in [-0.1, -0.05) is 26.0 Å². The van der Waals surface area contributed by atoms with E-state index in [0.29, 0.717) is 5.92 Å². The summed E-state index contributed by atoms with van der Waals surface area (Å²) < 4.78 is 18.8. The second-order valence-corrected chi connectivity index (χ2v) is 5.59. The minimum Gasteiger partial charge on any atom is -0.469 e. The van der Waals surface area contributed by atoms with E-state index in [1.165, 1.54) is 6.07 Å². The number of hydrogen-bond acceptors (Lipinski definition) is 2. The van der Waals surface area contributed by atoms with Gasteiger partial charge in [0.25, 0.3) is 0 Å². The highest BCUT2D eigenvalue weighted by Gasteiger charge is 2.14. The second-order valence-electron chi connectivity index (χ2n) is 5.59. The third-order valence-corrected chi connectivity index (χ3v) is 3.29. The number of nitrogens with one attached hydrogen (secondary N) is 1. The lowest BCUT2D eigenvalue weighted by atomic mass is 9.94. The van der Waals surface area contributed by atoms with E-state index in [1.54, 1.807) is 18.4 Å². The summed E-state index contributed by atoms with van der Waals surface area (Å²) >= 11 is 0. The van der Waals surface area contributed by atoms with Crippen molar-refractivity contribution >= 4 is 0 Å². The van der Waals surface area contributed by atoms with E-state index in [1.807, 2.05) is 18.2 Å². The second kappa shape index (κ2) is 7.25. The first-order valence-corrected chi connectivity index (χ1v) is 7.13. The molecule has 1 aromatic carbocycles. The molecule has 0 fully saturated rings. The molecule has 0 saturated heterocycles. The van der Waals surface area contributed by atoms with Crippen LogP contribution in [-0.2, 0) is 6.42 Å². The van der Waals surface area contributed by atoms with Crippen molar-refractivity contribution in [3.8, 4) is 0 Å². The molecule has 0 amide bonds. The fourth-order valence-electron chi connectivity index (χ4n) is 2.29. The van der Waals surface area contributed by atoms with Crippen LogP contribution in [0.1, 0.15) is 31.1 Å². The Morgan fingerprint density at radius 3 is 2.65 bits per heavy atom. The van der Waals surface area contributed by atoms with E-state index in [2.05, 4.69) is 19.2 Å². The Labute approximate surface area is 120 Å². The minimum absolute atomic E-state index is 0.184. The molecule has 3 heteroatoms. The molecule has 2 nitrogen and oxygen atoms in total. The van der Waals surface area contributed by atoms with Crippen molar-refractivity contribution < 1.29 is 8.81 Å². The lowest BCUT2D eigenvalue weighted by molar-refractivity contribution is 0.460. The van der Waals surface area contributed by atoms with Crippen LogP contribution < -0.4 is 5.32 Å². The Hall–Kier alpha value is -1.61. The molecule has 2 rings (SSSR count). The van der Waals surface area contributed by atoms with Crippen molar-refractivity contribution in [3.05, 3.63) is 59.8 Å². The molecule has 1 aromatic heterocycles. The molecule has 20 heavy (non-hydrogen) atoms. The van der Waals surface area contributed by atoms with Crippen LogP contribution in [-0.4, -0.2) is 13.1 Å². The Kier molecular flexibility index (Phi) is 5.36. The van der Waals surface area contributed by atoms with Gasteiger partial charge in [0.15, 0.2) is 0 Å². The van der Waals surface area contributed by atoms with Gasteiger partial charge in [-0.25, -0.2) is 4.39 Å². The summed E-state index contributed by atoms with van der Waals surface area (Å²) in [5.74, 6) is 1.57. The first kappa shape index (κ1) is 14.8. The van der Waals surface area contributed by atoms with Crippen LogP contribution in [0.15, 0.2) is 47.1 Å². The number of furan rings is 1. The molecular weight excluding hydrogens is 253 g/mol. The molecule has 0 aliphatic carbocycles. The zero-order chi connectivity index (χ0) is 14.4. The van der Waals surface area contributed by atoms with E-state index in [9.17, 15) is 4.39 Å². The average molecular weight is 275 g/mol. The normalized spacial score (nSPS) is 12.8. The molecule has 0 saturated carbocycles. The van der Waals surface area contributed by atoms with Gasteiger partial charge in [0.05, 0.1) is 6.26 Å². The van der Waals surface area contributed by atoms with E-state index in [-0.39, 0.29) is 11.7 Å². The largest absolute Gasteiger partial charge is 0.469 e. The van der Waals surface area contributed by atoms with Crippen molar-refractivity contribution in [2.24, 2.45) is 5.92 Å². The van der Waals surface area contributed by atoms with E-state index in [4.69, 9.17) is 4.42 Å². The Morgan fingerprint density at radius 2 is 2.00 bits per heavy atom. The third-order valence-electron chi connectivity index (χ3n) is 3.29. The summed E-state index contributed by atoms with van der Waals surface area (Å²) in [5.41, 5.74) is 1.01. The molecule has 0 radical (unpaired) electrons. The van der Waals surface area contributed by atoms with Gasteiger partial charge < -0.3 is 9.73 Å². The van der Waals surface area contributed by atoms with Gasteiger partial charge in [0.1, 0.15) is 11.6 Å². The van der Waals surface area contributed by atoms with Crippen LogP contribution in [0.3, 0.4) is 0 Å². The van der Waals surface area contributed by atoms with Crippen molar-refractivity contribution in [1.29, 1.82) is 0 Å². The molecule has 2 aromatic rings. The first-order valence-electron chi connectivity index (χ1n) is 7.13. The highest BCUT2D eigenvalue weighted by molar-refractivity contribution is 5.22. The van der Waals surface area contributed by atoms with Gasteiger partial charge in [-0.05, 0) is 42.3 Å². The van der Waals surface area contributed by atoms with Gasteiger partial charge in [0.2, 0.25) is 0 Å². The predicted molar refractivity (Wildman–Crippen MR) is 79.3 cm³/mol. The molecule has 0 bridgehead atoms. The summed E-state index contributed by atoms with van der Waals surface area (Å²) in [6.45, 7) is 6.14. The standard InChI is InChI=1S/C17H22FNO/c1-13(2)11-19-12-15(10-17-7-4-8-20-17)14-5-3-6-16(18)9-14/h3-9,13,15,19H,10-12H2,1-2H3. The highest BCUT2D eigenvalue weighted by atomic mass is 19.1. The fourth-order valence-corrected chi connectivity index (χ4v) is 2.29. The van der Waals surface area contributed by atoms with E-state index >= 15 is 0 Å². The minimum atomic E-state index is -0.184. The maximum absolute atomic E-state index is 13.4. The topological polar surface area (TPSA) is 25.2 Å². The third kappa shape index (κ3) is 4.49. The van der Waals surface area contributed by atoms with Gasteiger partial charge >= 0.3 is 0 Å². The quantitative estimate of drug-likeness (QED) is 0.826. The number of hydrogen-bond donors (Lipinski definition) is 1. The van der Waals surface area contributed by atoms with Crippen molar-refractivity contribution in [2.75, 3.05) is 13.1 Å². The molecule has 108 valence electrons. The smallest absolute Gasteiger partial charge is 0.123 e. The van der Waals surface area contributed by atoms with Gasteiger partial charge in [0, 0.05) is 18.9 Å². The molecule has 0 aliphatic rings. The zero-order valence-corrected chi connectivity index (χ0v) is 12.1. The van der Waals surface area contributed by atoms with Crippen molar-refractivity contribution in [2.45, 2.75) is 26.2 Å². The molecule has 0 aliphatic heterocycles. The van der Waals surface area contributed by atoms with Gasteiger partial charge in [-0.2, -0.15) is 0 Å². The van der Waals surface area contributed by atoms with Crippen LogP contribution >= 0.6 is 0 Å². The van der Waals surface area contributed by atoms with Crippen LogP contribution in [0.4, 0.5) is 4.39 Å². The van der Waals surface area contributed by atoms with Crippen molar-refractivity contribution in [3.63, 3.8) is 0 Å². The zero-order valence-electron chi connectivity index (χ0n) is 12.1. The van der Waals surface area contributed by atoms with Gasteiger partial charge in [-0.15, -0.1) is 0 Å². The monoisotopic (exact) mass is 275 g/mol. The summed E-state index contributed by atoms with van der Waals surface area (Å²) in [6.07, 6.45) is 2.46. The lowest BCUT2D eigenvalue weighted by Gasteiger charge is -2.18. The number of halogens is 1. The van der Waals surface area contributed by atoms with E-state index < -0.39 is 0 Å². The Balaban J connectivity index is 2.06. The molecule has 1 atom stereocenters. The molecule has 1 heterocycles. The molecule has 0 spiro atoms. The van der Waals surface area contributed by atoms with Gasteiger partial charge in [-0.3, -0.25) is 0 Å². The van der Waals surface area contributed by atoms with Crippen LogP contribution in [0.2, 0.25) is 0 Å². The molecule has 1 unspecified atom stereocenters.